The van der Waals surface area contributed by atoms with Crippen LogP contribution in [0.1, 0.15) is 43.6 Å². The molecule has 2 N–H and O–H groups in total. The highest BCUT2D eigenvalue weighted by Gasteiger charge is 2.24. The largest absolute Gasteiger partial charge is 0.508 e. The zero-order valence-corrected chi connectivity index (χ0v) is 12.5. The van der Waals surface area contributed by atoms with Crippen LogP contribution in [0.5, 0.6) is 5.75 Å². The maximum atomic E-state index is 12.1. The average Bonchev–Trinajstić information content (AvgIpc) is 2.30. The molecule has 0 spiro atoms. The lowest BCUT2D eigenvalue weighted by Gasteiger charge is -2.22. The molecule has 0 aliphatic heterocycles. The lowest BCUT2D eigenvalue weighted by molar-refractivity contribution is -0.156. The lowest BCUT2D eigenvalue weighted by Crippen LogP contribution is -2.42. The fraction of sp³-hybridized carbons (Fsp3) is 0.467. The maximum absolute atomic E-state index is 12.1. The Morgan fingerprint density at radius 2 is 1.90 bits per heavy atom. The van der Waals surface area contributed by atoms with Crippen molar-refractivity contribution in [2.75, 3.05) is 0 Å². The number of nitrogens with one attached hydrogen (secondary N) is 1. The van der Waals surface area contributed by atoms with Gasteiger partial charge in [0, 0.05) is 11.1 Å². The Morgan fingerprint density at radius 3 is 2.45 bits per heavy atom. The number of rotatable bonds is 3. The van der Waals surface area contributed by atoms with Crippen LogP contribution in [-0.4, -0.2) is 28.6 Å². The van der Waals surface area contributed by atoms with Gasteiger partial charge in [-0.1, -0.05) is 6.07 Å². The van der Waals surface area contributed by atoms with E-state index in [9.17, 15) is 14.7 Å². The van der Waals surface area contributed by atoms with Gasteiger partial charge in [-0.05, 0) is 46.8 Å². The van der Waals surface area contributed by atoms with Crippen molar-refractivity contribution in [2.45, 2.75) is 46.3 Å². The minimum absolute atomic E-state index is 0.0440. The van der Waals surface area contributed by atoms with Crippen LogP contribution in [0.3, 0.4) is 0 Å². The molecule has 0 bridgehead atoms. The van der Waals surface area contributed by atoms with E-state index in [1.807, 2.05) is 0 Å². The highest BCUT2D eigenvalue weighted by molar-refractivity contribution is 5.98. The summed E-state index contributed by atoms with van der Waals surface area (Å²) >= 11 is 0. The molecular weight excluding hydrogens is 258 g/mol. The zero-order valence-electron chi connectivity index (χ0n) is 12.5. The average molecular weight is 279 g/mol. The first kappa shape index (κ1) is 16.0. The van der Waals surface area contributed by atoms with Gasteiger partial charge in [-0.3, -0.25) is 4.79 Å². The second kappa shape index (κ2) is 5.94. The predicted molar refractivity (Wildman–Crippen MR) is 75.6 cm³/mol. The van der Waals surface area contributed by atoms with Gasteiger partial charge < -0.3 is 15.2 Å². The molecule has 0 aliphatic carbocycles. The third kappa shape index (κ3) is 4.26. The van der Waals surface area contributed by atoms with E-state index in [1.165, 1.54) is 6.07 Å². The quantitative estimate of drug-likeness (QED) is 0.831. The Balaban J connectivity index is 2.76. The monoisotopic (exact) mass is 279 g/mol. The first-order valence-corrected chi connectivity index (χ1v) is 6.44. The summed E-state index contributed by atoms with van der Waals surface area (Å²) in [6.45, 7) is 8.49. The summed E-state index contributed by atoms with van der Waals surface area (Å²) in [5, 5.41) is 12.1. The van der Waals surface area contributed by atoms with Gasteiger partial charge in [0.1, 0.15) is 17.4 Å². The number of hydrogen-bond donors (Lipinski definition) is 2. The van der Waals surface area contributed by atoms with Crippen molar-refractivity contribution in [3.8, 4) is 5.75 Å². The molecular formula is C15H21NO4. The summed E-state index contributed by atoms with van der Waals surface area (Å²) in [4.78, 5) is 23.9. The highest BCUT2D eigenvalue weighted by Crippen LogP contribution is 2.19. The van der Waals surface area contributed by atoms with Crippen molar-refractivity contribution in [1.82, 2.24) is 5.32 Å². The van der Waals surface area contributed by atoms with Crippen LogP contribution in [0.25, 0.3) is 0 Å². The minimum atomic E-state index is -0.761. The van der Waals surface area contributed by atoms with E-state index in [0.29, 0.717) is 11.1 Å². The van der Waals surface area contributed by atoms with Crippen LogP contribution in [-0.2, 0) is 9.53 Å². The Hall–Kier alpha value is -2.04. The standard InChI is InChI=1S/C15H21NO4/c1-9-11(7-6-8-12(9)17)13(18)16-10(2)14(19)20-15(3,4)5/h6-8,10,17H,1-5H3,(H,16,18)/t10-/m1/s1. The Kier molecular flexibility index (Phi) is 4.76. The molecule has 5 nitrogen and oxygen atoms in total. The summed E-state index contributed by atoms with van der Waals surface area (Å²) in [6, 6.07) is 3.91. The van der Waals surface area contributed by atoms with Crippen molar-refractivity contribution in [3.05, 3.63) is 29.3 Å². The molecule has 0 radical (unpaired) electrons. The van der Waals surface area contributed by atoms with Gasteiger partial charge in [0.15, 0.2) is 0 Å². The van der Waals surface area contributed by atoms with E-state index in [1.54, 1.807) is 46.8 Å². The van der Waals surface area contributed by atoms with E-state index in [0.717, 1.165) is 0 Å². The van der Waals surface area contributed by atoms with Crippen molar-refractivity contribution in [3.63, 3.8) is 0 Å². The number of aromatic hydroxyl groups is 1. The summed E-state index contributed by atoms with van der Waals surface area (Å²) in [6.07, 6.45) is 0. The number of hydrogen-bond acceptors (Lipinski definition) is 4. The molecule has 0 aliphatic rings. The van der Waals surface area contributed by atoms with Crippen LogP contribution in [0, 0.1) is 6.92 Å². The molecule has 0 unspecified atom stereocenters. The number of phenolic OH excluding ortho intramolecular Hbond substituents is 1. The summed E-state index contributed by atoms with van der Waals surface area (Å²) in [5.74, 6) is -0.872. The van der Waals surface area contributed by atoms with Crippen LogP contribution in [0.15, 0.2) is 18.2 Å². The van der Waals surface area contributed by atoms with Gasteiger partial charge in [-0.15, -0.1) is 0 Å². The summed E-state index contributed by atoms with van der Waals surface area (Å²) < 4.78 is 5.19. The molecule has 0 saturated carbocycles. The molecule has 0 aromatic heterocycles. The second-order valence-corrected chi connectivity index (χ2v) is 5.68. The third-order valence-corrected chi connectivity index (χ3v) is 2.66. The molecule has 110 valence electrons. The number of esters is 1. The number of carbonyl (C=O) groups is 2. The predicted octanol–water partition coefficient (Wildman–Crippen LogP) is 2.16. The van der Waals surface area contributed by atoms with Crippen molar-refractivity contribution >= 4 is 11.9 Å². The molecule has 0 fully saturated rings. The Morgan fingerprint density at radius 1 is 1.30 bits per heavy atom. The van der Waals surface area contributed by atoms with Crippen molar-refractivity contribution < 1.29 is 19.4 Å². The zero-order chi connectivity index (χ0) is 15.5. The first-order chi connectivity index (χ1) is 9.11. The summed E-state index contributed by atoms with van der Waals surface area (Å²) in [5.41, 5.74) is 0.207. The molecule has 1 rings (SSSR count). The van der Waals surface area contributed by atoms with Gasteiger partial charge in [0.25, 0.3) is 5.91 Å². The van der Waals surface area contributed by atoms with Crippen LogP contribution in [0.2, 0.25) is 0 Å². The molecule has 5 heteroatoms. The topological polar surface area (TPSA) is 75.6 Å². The van der Waals surface area contributed by atoms with Gasteiger partial charge >= 0.3 is 5.97 Å². The van der Waals surface area contributed by atoms with Crippen molar-refractivity contribution in [1.29, 1.82) is 0 Å². The fourth-order valence-corrected chi connectivity index (χ4v) is 1.59. The van der Waals surface area contributed by atoms with Crippen LogP contribution in [0.4, 0.5) is 0 Å². The van der Waals surface area contributed by atoms with E-state index in [4.69, 9.17) is 4.74 Å². The van der Waals surface area contributed by atoms with Gasteiger partial charge in [0.05, 0.1) is 0 Å². The molecule has 1 aromatic rings. The van der Waals surface area contributed by atoms with Gasteiger partial charge in [-0.2, -0.15) is 0 Å². The molecule has 1 aromatic carbocycles. The van der Waals surface area contributed by atoms with E-state index >= 15 is 0 Å². The third-order valence-electron chi connectivity index (χ3n) is 2.66. The van der Waals surface area contributed by atoms with Gasteiger partial charge in [0.2, 0.25) is 0 Å². The number of ether oxygens (including phenoxy) is 1. The number of amides is 1. The number of benzene rings is 1. The van der Waals surface area contributed by atoms with Crippen molar-refractivity contribution in [2.24, 2.45) is 0 Å². The molecule has 0 saturated heterocycles. The smallest absolute Gasteiger partial charge is 0.328 e. The molecule has 1 atom stereocenters. The Labute approximate surface area is 118 Å². The van der Waals surface area contributed by atoms with E-state index in [-0.39, 0.29) is 5.75 Å². The highest BCUT2D eigenvalue weighted by atomic mass is 16.6. The Bertz CT molecular complexity index is 517. The molecule has 20 heavy (non-hydrogen) atoms. The first-order valence-electron chi connectivity index (χ1n) is 6.44. The van der Waals surface area contributed by atoms with Crippen LogP contribution < -0.4 is 5.32 Å². The fourth-order valence-electron chi connectivity index (χ4n) is 1.59. The number of phenols is 1. The lowest BCUT2D eigenvalue weighted by atomic mass is 10.1. The van der Waals surface area contributed by atoms with E-state index < -0.39 is 23.5 Å². The molecule has 1 amide bonds. The molecule has 0 heterocycles. The van der Waals surface area contributed by atoms with E-state index in [2.05, 4.69) is 5.32 Å². The normalized spacial score (nSPS) is 12.7. The maximum Gasteiger partial charge on any atom is 0.328 e. The minimum Gasteiger partial charge on any atom is -0.508 e. The number of carbonyl (C=O) groups excluding carboxylic acids is 2. The summed E-state index contributed by atoms with van der Waals surface area (Å²) in [7, 11) is 0. The van der Waals surface area contributed by atoms with Crippen LogP contribution >= 0.6 is 0 Å². The SMILES string of the molecule is Cc1c(O)cccc1C(=O)N[C@H](C)C(=O)OC(C)(C)C. The second-order valence-electron chi connectivity index (χ2n) is 5.68. The van der Waals surface area contributed by atoms with Gasteiger partial charge in [-0.25, -0.2) is 4.79 Å².